The maximum Gasteiger partial charge on any atom is 0.251 e. The molecule has 0 bridgehead atoms. The maximum atomic E-state index is 13.3. The number of nitrogens with zero attached hydrogens (tertiary/aromatic N) is 5. The van der Waals surface area contributed by atoms with Crippen molar-refractivity contribution in [1.82, 2.24) is 30.4 Å². The van der Waals surface area contributed by atoms with Crippen LogP contribution in [0.15, 0.2) is 54.9 Å². The minimum Gasteiger partial charge on any atom is -0.384 e. The summed E-state index contributed by atoms with van der Waals surface area (Å²) in [4.78, 5) is 28.0. The van der Waals surface area contributed by atoms with Crippen LogP contribution in [0.4, 0.5) is 0 Å². The summed E-state index contributed by atoms with van der Waals surface area (Å²) in [5.41, 5.74) is -0.560. The Morgan fingerprint density at radius 1 is 1.17 bits per heavy atom. The van der Waals surface area contributed by atoms with E-state index in [0.717, 1.165) is 5.56 Å². The van der Waals surface area contributed by atoms with Crippen molar-refractivity contribution in [2.24, 2.45) is 5.41 Å². The number of carbonyl (C=O) groups excluding carboxylic acids is 2. The van der Waals surface area contributed by atoms with E-state index < -0.39 is 16.6 Å². The van der Waals surface area contributed by atoms with Gasteiger partial charge < -0.3 is 15.3 Å². The van der Waals surface area contributed by atoms with Crippen molar-refractivity contribution in [3.63, 3.8) is 0 Å². The summed E-state index contributed by atoms with van der Waals surface area (Å²) in [7, 11) is 0. The molecule has 10 heteroatoms. The van der Waals surface area contributed by atoms with Gasteiger partial charge in [0.15, 0.2) is 0 Å². The largest absolute Gasteiger partial charge is 0.384 e. The second kappa shape index (κ2) is 9.63. The molecule has 0 aliphatic carbocycles. The molecule has 0 saturated carbocycles. The zero-order valence-corrected chi connectivity index (χ0v) is 21.7. The van der Waals surface area contributed by atoms with E-state index in [1.165, 1.54) is 11.0 Å². The topological polar surface area (TPSA) is 113 Å². The zero-order valence-electron chi connectivity index (χ0n) is 20.9. The highest BCUT2D eigenvalue weighted by Crippen LogP contribution is 2.46. The van der Waals surface area contributed by atoms with Gasteiger partial charge in [0, 0.05) is 41.1 Å². The second-order valence-corrected chi connectivity index (χ2v) is 11.1. The van der Waals surface area contributed by atoms with E-state index >= 15 is 0 Å². The Morgan fingerprint density at radius 3 is 2.53 bits per heavy atom. The highest BCUT2D eigenvalue weighted by Gasteiger charge is 2.49. The fourth-order valence-electron chi connectivity index (χ4n) is 4.78. The molecule has 0 spiro atoms. The number of carbonyl (C=O) groups is 2. The average molecular weight is 511 g/mol. The molecule has 2 aromatic carbocycles. The van der Waals surface area contributed by atoms with Crippen LogP contribution in [-0.2, 0) is 10.4 Å². The van der Waals surface area contributed by atoms with Gasteiger partial charge >= 0.3 is 0 Å². The van der Waals surface area contributed by atoms with Gasteiger partial charge in [0.05, 0.1) is 11.3 Å². The minimum absolute atomic E-state index is 0.0750. The van der Waals surface area contributed by atoms with E-state index in [4.69, 9.17) is 11.6 Å². The second-order valence-electron chi connectivity index (χ2n) is 10.6. The molecule has 1 saturated heterocycles. The fraction of sp³-hybridized carbons (Fsp3) is 0.423. The molecule has 3 aromatic rings. The van der Waals surface area contributed by atoms with Crippen LogP contribution in [0.1, 0.15) is 56.5 Å². The summed E-state index contributed by atoms with van der Waals surface area (Å²) < 4.78 is 1.47. The molecule has 1 aromatic heterocycles. The van der Waals surface area contributed by atoms with Gasteiger partial charge in [0.1, 0.15) is 6.33 Å². The number of aromatic nitrogens is 4. The van der Waals surface area contributed by atoms with Crippen LogP contribution < -0.4 is 5.32 Å². The first-order valence-electron chi connectivity index (χ1n) is 11.8. The number of benzene rings is 2. The molecule has 0 unspecified atom stereocenters. The molecule has 4 rings (SSSR count). The van der Waals surface area contributed by atoms with E-state index in [1.54, 1.807) is 41.3 Å². The number of tetrazole rings is 1. The summed E-state index contributed by atoms with van der Waals surface area (Å²) in [5, 5.41) is 26.2. The van der Waals surface area contributed by atoms with E-state index in [1.807, 2.05) is 39.8 Å². The van der Waals surface area contributed by atoms with Crippen LogP contribution >= 0.6 is 11.6 Å². The number of halogens is 1. The first kappa shape index (κ1) is 25.8. The molecule has 1 aliphatic heterocycles. The molecule has 36 heavy (non-hydrogen) atoms. The number of hydrogen-bond donors (Lipinski definition) is 2. The molecule has 2 heterocycles. The van der Waals surface area contributed by atoms with E-state index in [2.05, 4.69) is 20.8 Å². The average Bonchev–Trinajstić information content (AvgIpc) is 3.36. The lowest BCUT2D eigenvalue weighted by Crippen LogP contribution is -2.58. The summed E-state index contributed by atoms with van der Waals surface area (Å²) in [6.45, 7) is 8.39. The summed E-state index contributed by atoms with van der Waals surface area (Å²) in [6.07, 6.45) is 1.98. The van der Waals surface area contributed by atoms with E-state index in [-0.39, 0.29) is 18.2 Å². The molecule has 2 N–H and O–H groups in total. The minimum atomic E-state index is -1.08. The maximum absolute atomic E-state index is 13.3. The lowest BCUT2D eigenvalue weighted by molar-refractivity contribution is -0.154. The van der Waals surface area contributed by atoms with Crippen molar-refractivity contribution >= 4 is 23.4 Å². The molecule has 1 fully saturated rings. The van der Waals surface area contributed by atoms with Crippen LogP contribution in [0.3, 0.4) is 0 Å². The molecule has 190 valence electrons. The first-order chi connectivity index (χ1) is 16.9. The third kappa shape index (κ3) is 5.27. The van der Waals surface area contributed by atoms with Gasteiger partial charge in [-0.15, -0.1) is 5.10 Å². The van der Waals surface area contributed by atoms with Gasteiger partial charge in [0.25, 0.3) is 5.91 Å². The van der Waals surface area contributed by atoms with Crippen molar-refractivity contribution < 1.29 is 14.7 Å². The number of hydrogen-bond acceptors (Lipinski definition) is 6. The predicted molar refractivity (Wildman–Crippen MR) is 136 cm³/mol. The quantitative estimate of drug-likeness (QED) is 0.525. The lowest BCUT2D eigenvalue weighted by Gasteiger charge is -2.51. The third-order valence-corrected chi connectivity index (χ3v) is 7.14. The van der Waals surface area contributed by atoms with Gasteiger partial charge in [-0.2, -0.15) is 0 Å². The van der Waals surface area contributed by atoms with Crippen LogP contribution in [0, 0.1) is 5.41 Å². The number of amides is 2. The van der Waals surface area contributed by atoms with Gasteiger partial charge in [-0.25, -0.2) is 4.68 Å². The summed E-state index contributed by atoms with van der Waals surface area (Å²) in [6, 6.07) is 14.2. The van der Waals surface area contributed by atoms with Gasteiger partial charge in [0.2, 0.25) is 5.91 Å². The zero-order chi connectivity index (χ0) is 26.1. The van der Waals surface area contributed by atoms with Crippen molar-refractivity contribution in [2.75, 3.05) is 13.1 Å². The van der Waals surface area contributed by atoms with E-state index in [9.17, 15) is 14.7 Å². The predicted octanol–water partition coefficient (Wildman–Crippen LogP) is 3.36. The van der Waals surface area contributed by atoms with Crippen molar-refractivity contribution in [3.8, 4) is 5.69 Å². The van der Waals surface area contributed by atoms with Crippen LogP contribution in [0.5, 0.6) is 0 Å². The first-order valence-corrected chi connectivity index (χ1v) is 12.2. The van der Waals surface area contributed by atoms with E-state index in [0.29, 0.717) is 35.8 Å². The lowest BCUT2D eigenvalue weighted by atomic mass is 9.66. The fourth-order valence-corrected chi connectivity index (χ4v) is 4.90. The normalized spacial score (nSPS) is 19.7. The SMILES string of the molecule is CC(C)(CC(=O)N1CC[C@](O)(c2ccc(Cl)cc2)C(C)(C)C1)NC(=O)c1cccc(-n2cnnn2)c1. The Bertz CT molecular complexity index is 1240. The van der Waals surface area contributed by atoms with Crippen LogP contribution in [-0.4, -0.2) is 60.7 Å². The number of piperidine rings is 1. The van der Waals surface area contributed by atoms with Crippen LogP contribution in [0.25, 0.3) is 5.69 Å². The molecule has 0 radical (unpaired) electrons. The molecule has 9 nitrogen and oxygen atoms in total. The molecular formula is C26H31ClN6O3. The number of rotatable bonds is 6. The van der Waals surface area contributed by atoms with Gasteiger partial charge in [-0.1, -0.05) is 43.6 Å². The molecule has 1 atom stereocenters. The van der Waals surface area contributed by atoms with Crippen LogP contribution in [0.2, 0.25) is 5.02 Å². The van der Waals surface area contributed by atoms with Crippen molar-refractivity contribution in [3.05, 3.63) is 71.0 Å². The smallest absolute Gasteiger partial charge is 0.251 e. The Morgan fingerprint density at radius 2 is 1.89 bits per heavy atom. The highest BCUT2D eigenvalue weighted by atomic mass is 35.5. The monoisotopic (exact) mass is 510 g/mol. The number of nitrogens with one attached hydrogen (secondary N) is 1. The summed E-state index contributed by atoms with van der Waals surface area (Å²) in [5.74, 6) is -0.368. The highest BCUT2D eigenvalue weighted by molar-refractivity contribution is 6.30. The van der Waals surface area contributed by atoms with Gasteiger partial charge in [-0.3, -0.25) is 9.59 Å². The van der Waals surface area contributed by atoms with Crippen molar-refractivity contribution in [1.29, 1.82) is 0 Å². The third-order valence-electron chi connectivity index (χ3n) is 6.89. The summed E-state index contributed by atoms with van der Waals surface area (Å²) >= 11 is 6.03. The van der Waals surface area contributed by atoms with Crippen molar-refractivity contribution in [2.45, 2.75) is 51.7 Å². The Hall–Kier alpha value is -3.30. The van der Waals surface area contributed by atoms with Gasteiger partial charge in [-0.05, 0) is 66.6 Å². The Labute approximate surface area is 215 Å². The molecule has 1 aliphatic rings. The molecule has 2 amide bonds. The number of aliphatic hydroxyl groups is 1. The number of likely N-dealkylation sites (tertiary alicyclic amines) is 1. The Balaban J connectivity index is 1.41. The molecular weight excluding hydrogens is 480 g/mol. The standard InChI is InChI=1S/C26H31ClN6O3/c1-24(2)16-32(13-12-26(24,36)19-8-10-20(27)11-9-19)22(34)15-25(3,4)29-23(35)18-6-5-7-21(14-18)33-17-28-30-31-33/h5-11,14,17,36H,12-13,15-16H2,1-4H3,(H,29,35)/t26-/m0/s1. The Kier molecular flexibility index (Phi) is 6.90.